The summed E-state index contributed by atoms with van der Waals surface area (Å²) in [5.41, 5.74) is 0. The van der Waals surface area contributed by atoms with Crippen molar-refractivity contribution in [2.24, 2.45) is 22.7 Å². The fourth-order valence-electron chi connectivity index (χ4n) is 4.13. The molecular formula is C18H37IN4. The van der Waals surface area contributed by atoms with E-state index in [-0.39, 0.29) is 24.0 Å². The first-order valence-corrected chi connectivity index (χ1v) is 9.30. The van der Waals surface area contributed by atoms with Crippen molar-refractivity contribution in [3.63, 3.8) is 0 Å². The van der Waals surface area contributed by atoms with Crippen LogP contribution in [0.5, 0.6) is 0 Å². The van der Waals surface area contributed by atoms with E-state index in [9.17, 15) is 0 Å². The Kier molecular flexibility index (Phi) is 9.82. The zero-order valence-corrected chi connectivity index (χ0v) is 17.9. The predicted molar refractivity (Wildman–Crippen MR) is 111 cm³/mol. The molecule has 4 nitrogen and oxygen atoms in total. The molecule has 2 heterocycles. The first kappa shape index (κ1) is 21.0. The second-order valence-electron chi connectivity index (χ2n) is 7.56. The monoisotopic (exact) mass is 436 g/mol. The molecule has 0 radical (unpaired) electrons. The minimum atomic E-state index is 0. The summed E-state index contributed by atoms with van der Waals surface area (Å²) < 4.78 is 0. The Morgan fingerprint density at radius 3 is 2.26 bits per heavy atom. The van der Waals surface area contributed by atoms with Gasteiger partial charge >= 0.3 is 0 Å². The number of aliphatic imine (C=N–C) groups is 1. The van der Waals surface area contributed by atoms with Gasteiger partial charge in [0.15, 0.2) is 5.96 Å². The number of hydrogen-bond donors (Lipinski definition) is 1. The molecule has 0 aromatic rings. The third kappa shape index (κ3) is 6.77. The van der Waals surface area contributed by atoms with Gasteiger partial charge in [-0.15, -0.1) is 24.0 Å². The van der Waals surface area contributed by atoms with Crippen LogP contribution in [-0.4, -0.2) is 62.1 Å². The Hall–Kier alpha value is -0.0400. The largest absolute Gasteiger partial charge is 0.356 e. The molecule has 0 aromatic carbocycles. The predicted octanol–water partition coefficient (Wildman–Crippen LogP) is 3.28. The van der Waals surface area contributed by atoms with E-state index in [0.717, 1.165) is 43.3 Å². The minimum Gasteiger partial charge on any atom is -0.356 e. The van der Waals surface area contributed by atoms with E-state index in [4.69, 9.17) is 0 Å². The molecule has 23 heavy (non-hydrogen) atoms. The molecule has 2 rings (SSSR count). The number of hydrogen-bond acceptors (Lipinski definition) is 2. The van der Waals surface area contributed by atoms with Crippen LogP contribution in [-0.2, 0) is 0 Å². The van der Waals surface area contributed by atoms with Gasteiger partial charge in [-0.3, -0.25) is 4.99 Å². The highest BCUT2D eigenvalue weighted by Gasteiger charge is 2.25. The van der Waals surface area contributed by atoms with Gasteiger partial charge in [0.25, 0.3) is 0 Å². The van der Waals surface area contributed by atoms with Gasteiger partial charge in [0.1, 0.15) is 0 Å². The van der Waals surface area contributed by atoms with E-state index in [1.54, 1.807) is 0 Å². The summed E-state index contributed by atoms with van der Waals surface area (Å²) in [6.45, 7) is 14.2. The van der Waals surface area contributed by atoms with E-state index < -0.39 is 0 Å². The summed E-state index contributed by atoms with van der Waals surface area (Å²) in [5.74, 6) is 3.48. The van der Waals surface area contributed by atoms with Crippen LogP contribution >= 0.6 is 24.0 Å². The Balaban J connectivity index is 0.00000264. The van der Waals surface area contributed by atoms with Gasteiger partial charge in [-0.2, -0.15) is 0 Å². The zero-order chi connectivity index (χ0) is 15.9. The van der Waals surface area contributed by atoms with Gasteiger partial charge in [0, 0.05) is 26.7 Å². The maximum Gasteiger partial charge on any atom is 0.193 e. The van der Waals surface area contributed by atoms with Crippen LogP contribution in [0, 0.1) is 17.8 Å². The number of guanidine groups is 1. The van der Waals surface area contributed by atoms with E-state index in [0.29, 0.717) is 0 Å². The van der Waals surface area contributed by atoms with Crippen molar-refractivity contribution in [1.29, 1.82) is 0 Å². The Bertz CT molecular complexity index is 343. The number of piperidine rings is 2. The van der Waals surface area contributed by atoms with Gasteiger partial charge in [0.05, 0.1) is 0 Å². The van der Waals surface area contributed by atoms with Gasteiger partial charge < -0.3 is 15.1 Å². The highest BCUT2D eigenvalue weighted by Crippen LogP contribution is 2.21. The average molecular weight is 436 g/mol. The molecule has 5 heteroatoms. The SMILES string of the molecule is CCCN1CCC(CNC(=NC)N2CC(C)CC(C)C2)CC1.I. The number of likely N-dealkylation sites (tertiary alicyclic amines) is 2. The minimum absolute atomic E-state index is 0. The second-order valence-corrected chi connectivity index (χ2v) is 7.56. The van der Waals surface area contributed by atoms with Gasteiger partial charge in [-0.25, -0.2) is 0 Å². The third-order valence-electron chi connectivity index (χ3n) is 5.18. The van der Waals surface area contributed by atoms with Crippen LogP contribution in [0.1, 0.15) is 46.5 Å². The van der Waals surface area contributed by atoms with Crippen LogP contribution in [0.15, 0.2) is 4.99 Å². The Morgan fingerprint density at radius 1 is 1.13 bits per heavy atom. The summed E-state index contributed by atoms with van der Waals surface area (Å²) in [5, 5.41) is 3.65. The maximum absolute atomic E-state index is 4.53. The van der Waals surface area contributed by atoms with Crippen LogP contribution in [0.25, 0.3) is 0 Å². The van der Waals surface area contributed by atoms with Crippen molar-refractivity contribution in [3.05, 3.63) is 0 Å². The molecule has 0 aromatic heterocycles. The highest BCUT2D eigenvalue weighted by molar-refractivity contribution is 14.0. The lowest BCUT2D eigenvalue weighted by atomic mass is 9.92. The van der Waals surface area contributed by atoms with Crippen molar-refractivity contribution < 1.29 is 0 Å². The molecule has 1 N–H and O–H groups in total. The van der Waals surface area contributed by atoms with Crippen molar-refractivity contribution in [2.75, 3.05) is 46.3 Å². The van der Waals surface area contributed by atoms with Gasteiger partial charge in [-0.05, 0) is 63.1 Å². The third-order valence-corrected chi connectivity index (χ3v) is 5.18. The Morgan fingerprint density at radius 2 is 1.74 bits per heavy atom. The fourth-order valence-corrected chi connectivity index (χ4v) is 4.13. The summed E-state index contributed by atoms with van der Waals surface area (Å²) >= 11 is 0. The number of halogens is 1. The van der Waals surface area contributed by atoms with E-state index in [1.165, 1.54) is 45.3 Å². The lowest BCUT2D eigenvalue weighted by Gasteiger charge is -2.38. The fraction of sp³-hybridized carbons (Fsp3) is 0.944. The molecule has 2 unspecified atom stereocenters. The summed E-state index contributed by atoms with van der Waals surface area (Å²) in [6, 6.07) is 0. The quantitative estimate of drug-likeness (QED) is 0.417. The van der Waals surface area contributed by atoms with Crippen LogP contribution < -0.4 is 5.32 Å². The van der Waals surface area contributed by atoms with Crippen molar-refractivity contribution >= 4 is 29.9 Å². The molecule has 0 saturated carbocycles. The maximum atomic E-state index is 4.53. The summed E-state index contributed by atoms with van der Waals surface area (Å²) in [7, 11) is 1.93. The molecule has 136 valence electrons. The van der Waals surface area contributed by atoms with Crippen molar-refractivity contribution in [3.8, 4) is 0 Å². The molecular weight excluding hydrogens is 399 g/mol. The molecule has 0 spiro atoms. The normalized spacial score (nSPS) is 27.7. The standard InChI is InChI=1S/C18H36N4.HI/c1-5-8-21-9-6-17(7-10-21)12-20-18(19-4)22-13-15(2)11-16(3)14-22;/h15-17H,5-14H2,1-4H3,(H,19,20);1H. The molecule has 0 amide bonds. The number of rotatable bonds is 4. The van der Waals surface area contributed by atoms with E-state index in [2.05, 4.69) is 40.9 Å². The lowest BCUT2D eigenvalue weighted by molar-refractivity contribution is 0.181. The second kappa shape index (κ2) is 10.7. The first-order chi connectivity index (χ1) is 10.6. The van der Waals surface area contributed by atoms with Gasteiger partial charge in [0.2, 0.25) is 0 Å². The molecule has 0 aliphatic carbocycles. The summed E-state index contributed by atoms with van der Waals surface area (Å²) in [6.07, 6.45) is 5.29. The van der Waals surface area contributed by atoms with Crippen molar-refractivity contribution in [2.45, 2.75) is 46.5 Å². The highest BCUT2D eigenvalue weighted by atomic mass is 127. The lowest BCUT2D eigenvalue weighted by Crippen LogP contribution is -2.50. The molecule has 0 bridgehead atoms. The average Bonchev–Trinajstić information content (AvgIpc) is 2.49. The number of nitrogens with one attached hydrogen (secondary N) is 1. The van der Waals surface area contributed by atoms with Crippen LogP contribution in [0.3, 0.4) is 0 Å². The number of nitrogens with zero attached hydrogens (tertiary/aromatic N) is 3. The van der Waals surface area contributed by atoms with Crippen LogP contribution in [0.4, 0.5) is 0 Å². The van der Waals surface area contributed by atoms with Crippen molar-refractivity contribution in [1.82, 2.24) is 15.1 Å². The topological polar surface area (TPSA) is 30.9 Å². The molecule has 2 saturated heterocycles. The van der Waals surface area contributed by atoms with Gasteiger partial charge in [-0.1, -0.05) is 20.8 Å². The smallest absolute Gasteiger partial charge is 0.193 e. The van der Waals surface area contributed by atoms with E-state index in [1.807, 2.05) is 7.05 Å². The first-order valence-electron chi connectivity index (χ1n) is 9.30. The van der Waals surface area contributed by atoms with E-state index >= 15 is 0 Å². The van der Waals surface area contributed by atoms with Crippen LogP contribution in [0.2, 0.25) is 0 Å². The molecule has 2 aliphatic rings. The zero-order valence-electron chi connectivity index (χ0n) is 15.6. The Labute approximate surface area is 160 Å². The molecule has 2 aliphatic heterocycles. The summed E-state index contributed by atoms with van der Waals surface area (Å²) in [4.78, 5) is 9.60. The molecule has 2 atom stereocenters. The molecule has 2 fully saturated rings.